The lowest BCUT2D eigenvalue weighted by Crippen LogP contribution is -2.35. The molecule has 4 nitrogen and oxygen atoms in total. The van der Waals surface area contributed by atoms with Crippen LogP contribution in [0.25, 0.3) is 0 Å². The molecule has 0 saturated heterocycles. The number of alkyl halides is 1. The van der Waals surface area contributed by atoms with Gasteiger partial charge in [-0.1, -0.05) is 12.1 Å². The maximum Gasteiger partial charge on any atom is 0.325 e. The van der Waals surface area contributed by atoms with E-state index in [0.29, 0.717) is 0 Å². The SMILES string of the molecule is O=C(CCl)NC(=O)Nc1cccc2c1CCC2. The molecule has 0 aliphatic heterocycles. The van der Waals surface area contributed by atoms with Gasteiger partial charge in [0.15, 0.2) is 0 Å². The number of imide groups is 1. The van der Waals surface area contributed by atoms with Crippen molar-refractivity contribution in [2.24, 2.45) is 0 Å². The fourth-order valence-electron chi connectivity index (χ4n) is 2.05. The van der Waals surface area contributed by atoms with Crippen molar-refractivity contribution in [3.05, 3.63) is 29.3 Å². The number of benzene rings is 1. The summed E-state index contributed by atoms with van der Waals surface area (Å²) in [5.74, 6) is -0.725. The first-order chi connectivity index (χ1) is 8.20. The van der Waals surface area contributed by atoms with Crippen LogP contribution in [0.15, 0.2) is 18.2 Å². The van der Waals surface area contributed by atoms with Crippen molar-refractivity contribution in [1.29, 1.82) is 0 Å². The van der Waals surface area contributed by atoms with Crippen LogP contribution in [-0.2, 0) is 17.6 Å². The largest absolute Gasteiger partial charge is 0.325 e. The first-order valence-electron chi connectivity index (χ1n) is 5.48. The van der Waals surface area contributed by atoms with Gasteiger partial charge in [-0.05, 0) is 36.5 Å². The molecular weight excluding hydrogens is 240 g/mol. The van der Waals surface area contributed by atoms with E-state index in [1.165, 1.54) is 11.1 Å². The monoisotopic (exact) mass is 252 g/mol. The average molecular weight is 253 g/mol. The molecule has 2 N–H and O–H groups in total. The van der Waals surface area contributed by atoms with E-state index in [2.05, 4.69) is 16.7 Å². The highest BCUT2D eigenvalue weighted by atomic mass is 35.5. The topological polar surface area (TPSA) is 58.2 Å². The lowest BCUT2D eigenvalue weighted by atomic mass is 10.1. The molecule has 90 valence electrons. The summed E-state index contributed by atoms with van der Waals surface area (Å²) in [7, 11) is 0. The Morgan fingerprint density at radius 2 is 2.12 bits per heavy atom. The van der Waals surface area contributed by atoms with Gasteiger partial charge in [-0.25, -0.2) is 4.79 Å². The summed E-state index contributed by atoms with van der Waals surface area (Å²) in [5, 5.41) is 4.83. The second-order valence-corrected chi connectivity index (χ2v) is 4.20. The number of hydrogen-bond donors (Lipinski definition) is 2. The van der Waals surface area contributed by atoms with Crippen molar-refractivity contribution in [2.75, 3.05) is 11.2 Å². The van der Waals surface area contributed by atoms with Crippen molar-refractivity contribution < 1.29 is 9.59 Å². The fraction of sp³-hybridized carbons (Fsp3) is 0.333. The number of aryl methyl sites for hydroxylation is 1. The number of carbonyl (C=O) groups excluding carboxylic acids is 2. The number of amides is 3. The van der Waals surface area contributed by atoms with Gasteiger partial charge in [-0.3, -0.25) is 10.1 Å². The summed E-state index contributed by atoms with van der Waals surface area (Å²) in [6.45, 7) is 0. The normalized spacial score (nSPS) is 13.0. The zero-order chi connectivity index (χ0) is 12.3. The zero-order valence-corrected chi connectivity index (χ0v) is 10.0. The summed E-state index contributed by atoms with van der Waals surface area (Å²) >= 11 is 5.30. The summed E-state index contributed by atoms with van der Waals surface area (Å²) in [6, 6.07) is 5.28. The number of hydrogen-bond acceptors (Lipinski definition) is 2. The van der Waals surface area contributed by atoms with Gasteiger partial charge in [0.2, 0.25) is 5.91 Å². The van der Waals surface area contributed by atoms with E-state index in [0.717, 1.165) is 24.9 Å². The lowest BCUT2D eigenvalue weighted by Gasteiger charge is -2.10. The highest BCUT2D eigenvalue weighted by Crippen LogP contribution is 2.28. The molecule has 0 heterocycles. The Labute approximate surface area is 104 Å². The Morgan fingerprint density at radius 1 is 1.29 bits per heavy atom. The molecule has 3 amide bonds. The molecule has 0 radical (unpaired) electrons. The molecule has 1 aliphatic carbocycles. The highest BCUT2D eigenvalue weighted by molar-refractivity contribution is 6.28. The van der Waals surface area contributed by atoms with Gasteiger partial charge in [-0.15, -0.1) is 11.6 Å². The number of fused-ring (bicyclic) bond motifs is 1. The number of rotatable bonds is 2. The smallest absolute Gasteiger partial charge is 0.307 e. The van der Waals surface area contributed by atoms with Crippen molar-refractivity contribution >= 4 is 29.2 Å². The van der Waals surface area contributed by atoms with Crippen molar-refractivity contribution in [3.8, 4) is 0 Å². The molecule has 1 aromatic rings. The molecule has 0 fully saturated rings. The third-order valence-corrected chi connectivity index (χ3v) is 3.01. The van der Waals surface area contributed by atoms with Crippen molar-refractivity contribution in [2.45, 2.75) is 19.3 Å². The van der Waals surface area contributed by atoms with E-state index in [1.807, 2.05) is 12.1 Å². The molecule has 0 saturated carbocycles. The molecule has 0 unspecified atom stereocenters. The van der Waals surface area contributed by atoms with Crippen LogP contribution in [0.2, 0.25) is 0 Å². The summed E-state index contributed by atoms with van der Waals surface area (Å²) < 4.78 is 0. The molecule has 0 aromatic heterocycles. The maximum absolute atomic E-state index is 11.5. The number of anilines is 1. The maximum atomic E-state index is 11.5. The van der Waals surface area contributed by atoms with E-state index < -0.39 is 11.9 Å². The molecule has 0 spiro atoms. The summed E-state index contributed by atoms with van der Waals surface area (Å²) in [4.78, 5) is 22.4. The predicted molar refractivity (Wildman–Crippen MR) is 66.3 cm³/mol. The van der Waals surface area contributed by atoms with Gasteiger partial charge < -0.3 is 5.32 Å². The van der Waals surface area contributed by atoms with Crippen LogP contribution in [0.5, 0.6) is 0 Å². The van der Waals surface area contributed by atoms with Gasteiger partial charge in [0.1, 0.15) is 5.88 Å². The minimum Gasteiger partial charge on any atom is -0.307 e. The quantitative estimate of drug-likeness (QED) is 0.792. The van der Waals surface area contributed by atoms with Crippen LogP contribution in [0.4, 0.5) is 10.5 Å². The Bertz CT molecular complexity index is 460. The van der Waals surface area contributed by atoms with Gasteiger partial charge in [0.05, 0.1) is 0 Å². The number of halogens is 1. The standard InChI is InChI=1S/C12H13ClN2O2/c13-7-11(16)15-12(17)14-10-6-2-4-8-3-1-5-9(8)10/h2,4,6H,1,3,5,7H2,(H2,14,15,16,17). The second kappa shape index (κ2) is 5.19. The summed E-state index contributed by atoms with van der Waals surface area (Å²) in [6.07, 6.45) is 3.12. The minimum absolute atomic E-state index is 0.222. The van der Waals surface area contributed by atoms with Crippen LogP contribution >= 0.6 is 11.6 Å². The Balaban J connectivity index is 2.07. The Kier molecular flexibility index (Phi) is 3.64. The van der Waals surface area contributed by atoms with Crippen molar-refractivity contribution in [3.63, 3.8) is 0 Å². The zero-order valence-electron chi connectivity index (χ0n) is 9.25. The summed E-state index contributed by atoms with van der Waals surface area (Å²) in [5.41, 5.74) is 3.22. The van der Waals surface area contributed by atoms with Gasteiger partial charge >= 0.3 is 6.03 Å². The molecule has 2 rings (SSSR count). The van der Waals surface area contributed by atoms with Crippen LogP contribution in [0, 0.1) is 0 Å². The Hall–Kier alpha value is -1.55. The van der Waals surface area contributed by atoms with Crippen LogP contribution in [0.1, 0.15) is 17.5 Å². The predicted octanol–water partition coefficient (Wildman–Crippen LogP) is 2.06. The number of carbonyl (C=O) groups is 2. The molecule has 5 heteroatoms. The van der Waals surface area contributed by atoms with Gasteiger partial charge in [0.25, 0.3) is 0 Å². The first-order valence-corrected chi connectivity index (χ1v) is 6.01. The molecule has 1 aliphatic rings. The molecular formula is C12H13ClN2O2. The Morgan fingerprint density at radius 3 is 2.88 bits per heavy atom. The average Bonchev–Trinajstić information content (AvgIpc) is 2.78. The van der Waals surface area contributed by atoms with Gasteiger partial charge in [-0.2, -0.15) is 0 Å². The highest BCUT2D eigenvalue weighted by Gasteiger charge is 2.16. The fourth-order valence-corrected chi connectivity index (χ4v) is 2.12. The van der Waals surface area contributed by atoms with Crippen molar-refractivity contribution in [1.82, 2.24) is 5.32 Å². The first kappa shape index (κ1) is 11.9. The van der Waals surface area contributed by atoms with Gasteiger partial charge in [0, 0.05) is 5.69 Å². The molecule has 0 bridgehead atoms. The van der Waals surface area contributed by atoms with E-state index in [-0.39, 0.29) is 5.88 Å². The third kappa shape index (κ3) is 2.77. The lowest BCUT2D eigenvalue weighted by molar-refractivity contribution is -0.117. The minimum atomic E-state index is -0.532. The van der Waals surface area contributed by atoms with E-state index in [1.54, 1.807) is 0 Å². The molecule has 0 atom stereocenters. The van der Waals surface area contributed by atoms with Crippen LogP contribution in [-0.4, -0.2) is 17.8 Å². The van der Waals surface area contributed by atoms with Crippen LogP contribution < -0.4 is 10.6 Å². The number of urea groups is 1. The third-order valence-electron chi connectivity index (χ3n) is 2.77. The molecule has 1 aromatic carbocycles. The molecule has 17 heavy (non-hydrogen) atoms. The van der Waals surface area contributed by atoms with E-state index in [4.69, 9.17) is 11.6 Å². The second-order valence-electron chi connectivity index (χ2n) is 3.93. The van der Waals surface area contributed by atoms with Crippen LogP contribution in [0.3, 0.4) is 0 Å². The van der Waals surface area contributed by atoms with E-state index >= 15 is 0 Å². The van der Waals surface area contributed by atoms with E-state index in [9.17, 15) is 9.59 Å². The number of nitrogens with one attached hydrogen (secondary N) is 2.